The molecule has 0 spiro atoms. The highest BCUT2D eigenvalue weighted by Gasteiger charge is 2.14. The Morgan fingerprint density at radius 3 is 2.58 bits per heavy atom. The lowest BCUT2D eigenvalue weighted by atomic mass is 10.1. The number of carbonyl (C=O) groups is 1. The molecule has 2 rings (SSSR count). The highest BCUT2D eigenvalue weighted by atomic mass is 127. The number of hydrogen-bond donors (Lipinski definition) is 3. The summed E-state index contributed by atoms with van der Waals surface area (Å²) in [5.74, 6) is 0.709. The Bertz CT molecular complexity index is 892. The summed E-state index contributed by atoms with van der Waals surface area (Å²) in [6.45, 7) is 7.24. The van der Waals surface area contributed by atoms with Gasteiger partial charge in [0.2, 0.25) is 5.91 Å². The number of carbonyl (C=O) groups excluding carboxylic acids is 1. The van der Waals surface area contributed by atoms with Gasteiger partial charge in [-0.1, -0.05) is 12.1 Å². The fourth-order valence-electron chi connectivity index (χ4n) is 3.33. The summed E-state index contributed by atoms with van der Waals surface area (Å²) in [6, 6.07) is 8.03. The maximum atomic E-state index is 12.0. The van der Waals surface area contributed by atoms with Crippen LogP contribution in [0.25, 0.3) is 0 Å². The van der Waals surface area contributed by atoms with Crippen molar-refractivity contribution in [2.45, 2.75) is 39.8 Å². The van der Waals surface area contributed by atoms with Crippen molar-refractivity contribution >= 4 is 41.5 Å². The Kier molecular flexibility index (Phi) is 11.0. The molecule has 9 heteroatoms. The maximum Gasteiger partial charge on any atom is 0.238 e. The van der Waals surface area contributed by atoms with Gasteiger partial charge in [-0.3, -0.25) is 14.5 Å². The number of anilines is 1. The van der Waals surface area contributed by atoms with Gasteiger partial charge >= 0.3 is 0 Å². The van der Waals surface area contributed by atoms with Crippen molar-refractivity contribution in [1.29, 1.82) is 0 Å². The number of aliphatic imine (C=N–C) groups is 1. The first kappa shape index (κ1) is 26.9. The van der Waals surface area contributed by atoms with Crippen LogP contribution < -0.4 is 16.0 Å². The summed E-state index contributed by atoms with van der Waals surface area (Å²) in [7, 11) is 7.48. The van der Waals surface area contributed by atoms with Gasteiger partial charge in [0.25, 0.3) is 0 Å². The first-order valence-corrected chi connectivity index (χ1v) is 10.2. The van der Waals surface area contributed by atoms with Crippen LogP contribution in [0.15, 0.2) is 29.3 Å². The van der Waals surface area contributed by atoms with Crippen LogP contribution in [0.4, 0.5) is 5.69 Å². The van der Waals surface area contributed by atoms with Crippen LogP contribution in [0.2, 0.25) is 0 Å². The topological polar surface area (TPSA) is 86.6 Å². The normalized spacial score (nSPS) is 12.3. The number of guanidine groups is 1. The van der Waals surface area contributed by atoms with E-state index in [4.69, 9.17) is 0 Å². The number of likely N-dealkylation sites (N-methyl/N-ethyl adjacent to an activating group) is 1. The van der Waals surface area contributed by atoms with E-state index in [0.717, 1.165) is 29.3 Å². The number of nitrogens with zero attached hydrogens (tertiary/aromatic N) is 4. The number of nitrogens with one attached hydrogen (secondary N) is 3. The number of rotatable bonds is 8. The molecule has 3 N–H and O–H groups in total. The van der Waals surface area contributed by atoms with Crippen LogP contribution in [0.3, 0.4) is 0 Å². The molecule has 0 aliphatic carbocycles. The molecule has 1 amide bonds. The predicted octanol–water partition coefficient (Wildman–Crippen LogP) is 2.45. The van der Waals surface area contributed by atoms with Crippen molar-refractivity contribution in [3.8, 4) is 0 Å². The van der Waals surface area contributed by atoms with Gasteiger partial charge in [0.05, 0.1) is 12.2 Å². The molecule has 0 aliphatic heterocycles. The molecule has 0 saturated heterocycles. The lowest BCUT2D eigenvalue weighted by molar-refractivity contribution is -0.116. The van der Waals surface area contributed by atoms with Crippen molar-refractivity contribution < 1.29 is 4.79 Å². The Morgan fingerprint density at radius 1 is 1.29 bits per heavy atom. The number of aryl methyl sites for hydroxylation is 2. The minimum atomic E-state index is -0.0302. The zero-order valence-electron chi connectivity index (χ0n) is 19.6. The van der Waals surface area contributed by atoms with Crippen LogP contribution >= 0.6 is 24.0 Å². The molecule has 2 aromatic rings. The van der Waals surface area contributed by atoms with Gasteiger partial charge in [-0.25, -0.2) is 0 Å². The second-order valence-corrected chi connectivity index (χ2v) is 7.93. The minimum Gasteiger partial charge on any atom is -0.354 e. The molecule has 0 saturated carbocycles. The largest absolute Gasteiger partial charge is 0.354 e. The van der Waals surface area contributed by atoms with Gasteiger partial charge in [0, 0.05) is 38.1 Å². The summed E-state index contributed by atoms with van der Waals surface area (Å²) >= 11 is 0. The quantitative estimate of drug-likeness (QED) is 0.272. The van der Waals surface area contributed by atoms with E-state index >= 15 is 0 Å². The van der Waals surface area contributed by atoms with Gasteiger partial charge in [0.15, 0.2) is 5.96 Å². The zero-order valence-corrected chi connectivity index (χ0v) is 21.9. The molecule has 0 bridgehead atoms. The fraction of sp³-hybridized carbons (Fsp3) is 0.500. The molecular weight excluding hydrogens is 505 g/mol. The molecule has 0 radical (unpaired) electrons. The van der Waals surface area contributed by atoms with E-state index in [2.05, 4.69) is 39.9 Å². The summed E-state index contributed by atoms with van der Waals surface area (Å²) in [5.41, 5.74) is 5.39. The van der Waals surface area contributed by atoms with Crippen LogP contribution in [-0.4, -0.2) is 60.3 Å². The smallest absolute Gasteiger partial charge is 0.238 e. The number of hydrogen-bond acceptors (Lipinski definition) is 4. The average Bonchev–Trinajstić information content (AvgIpc) is 2.90. The predicted molar refractivity (Wildman–Crippen MR) is 138 cm³/mol. The van der Waals surface area contributed by atoms with Crippen LogP contribution in [0.1, 0.15) is 29.4 Å². The van der Waals surface area contributed by atoms with Gasteiger partial charge in [-0.15, -0.1) is 24.0 Å². The molecule has 1 aromatic carbocycles. The highest BCUT2D eigenvalue weighted by Crippen LogP contribution is 2.14. The maximum absolute atomic E-state index is 12.0. The molecule has 31 heavy (non-hydrogen) atoms. The molecular formula is C22H36IN7O. The van der Waals surface area contributed by atoms with Crippen LogP contribution in [0.5, 0.6) is 0 Å². The Morgan fingerprint density at radius 2 is 2.00 bits per heavy atom. The third-order valence-corrected chi connectivity index (χ3v) is 4.91. The van der Waals surface area contributed by atoms with Crippen molar-refractivity contribution in [1.82, 2.24) is 25.3 Å². The Hall–Kier alpha value is -2.14. The van der Waals surface area contributed by atoms with E-state index < -0.39 is 0 Å². The van der Waals surface area contributed by atoms with E-state index in [9.17, 15) is 4.79 Å². The highest BCUT2D eigenvalue weighted by molar-refractivity contribution is 14.0. The fourth-order valence-corrected chi connectivity index (χ4v) is 3.33. The van der Waals surface area contributed by atoms with E-state index in [1.165, 1.54) is 11.3 Å². The monoisotopic (exact) mass is 541 g/mol. The minimum absolute atomic E-state index is 0. The summed E-state index contributed by atoms with van der Waals surface area (Å²) < 4.78 is 1.93. The number of amides is 1. The second kappa shape index (κ2) is 12.7. The van der Waals surface area contributed by atoms with Gasteiger partial charge in [0.1, 0.15) is 0 Å². The van der Waals surface area contributed by atoms with E-state index in [-0.39, 0.29) is 35.9 Å². The van der Waals surface area contributed by atoms with Crippen molar-refractivity contribution in [2.75, 3.05) is 33.0 Å². The lowest BCUT2D eigenvalue weighted by Gasteiger charge is -2.18. The standard InChI is InChI=1S/C22H35N7O.HI/c1-15(11-20-16(2)27-29(7)17(20)3)25-22(23-4)24-13-18-9-8-10-19(12-18)26-21(30)14-28(5)6;/h8-10,12,15H,11,13-14H2,1-7H3,(H,26,30)(H2,23,24,25);1H. The Balaban J connectivity index is 0.00000480. The molecule has 1 heterocycles. The van der Waals surface area contributed by atoms with Crippen molar-refractivity contribution in [3.63, 3.8) is 0 Å². The van der Waals surface area contributed by atoms with Gasteiger partial charge in [-0.05, 0) is 64.5 Å². The second-order valence-electron chi connectivity index (χ2n) is 7.93. The van der Waals surface area contributed by atoms with Gasteiger partial charge in [-0.2, -0.15) is 5.10 Å². The number of benzene rings is 1. The average molecular weight is 541 g/mol. The van der Waals surface area contributed by atoms with E-state index in [1.807, 2.05) is 61.9 Å². The molecule has 1 aromatic heterocycles. The van der Waals surface area contributed by atoms with Gasteiger partial charge < -0.3 is 20.9 Å². The molecule has 8 nitrogen and oxygen atoms in total. The van der Waals surface area contributed by atoms with Crippen molar-refractivity contribution in [3.05, 3.63) is 46.8 Å². The van der Waals surface area contributed by atoms with E-state index in [0.29, 0.717) is 13.1 Å². The molecule has 1 unspecified atom stereocenters. The van der Waals surface area contributed by atoms with Crippen LogP contribution in [-0.2, 0) is 24.8 Å². The zero-order chi connectivity index (χ0) is 22.3. The third-order valence-electron chi connectivity index (χ3n) is 4.91. The van der Waals surface area contributed by atoms with Crippen LogP contribution in [0, 0.1) is 13.8 Å². The first-order valence-electron chi connectivity index (χ1n) is 10.2. The molecule has 0 fully saturated rings. The number of aromatic nitrogens is 2. The van der Waals surface area contributed by atoms with E-state index in [1.54, 1.807) is 7.05 Å². The third kappa shape index (κ3) is 8.48. The molecule has 1 atom stereocenters. The SMILES string of the molecule is CN=C(NCc1cccc(NC(=O)CN(C)C)c1)NC(C)Cc1c(C)nn(C)c1C.I. The summed E-state index contributed by atoms with van der Waals surface area (Å²) in [6.07, 6.45) is 0.875. The lowest BCUT2D eigenvalue weighted by Crippen LogP contribution is -2.42. The Labute approximate surface area is 202 Å². The summed E-state index contributed by atoms with van der Waals surface area (Å²) in [4.78, 5) is 18.1. The first-order chi connectivity index (χ1) is 14.2. The molecule has 0 aliphatic rings. The van der Waals surface area contributed by atoms with Crippen molar-refractivity contribution in [2.24, 2.45) is 12.0 Å². The summed E-state index contributed by atoms with van der Waals surface area (Å²) in [5, 5.41) is 14.2. The number of halogens is 1. The molecule has 172 valence electrons.